The minimum absolute atomic E-state index is 0.0540. The number of nitrogens with one attached hydrogen (secondary N) is 1. The van der Waals surface area contributed by atoms with Crippen LogP contribution in [-0.2, 0) is 24.1 Å². The minimum atomic E-state index is -0.0540. The summed E-state index contributed by atoms with van der Waals surface area (Å²) in [6.07, 6.45) is 2.41. The number of hydrazone groups is 1. The largest absolute Gasteiger partial charge is 0.272 e. The van der Waals surface area contributed by atoms with Gasteiger partial charge in [-0.1, -0.05) is 91.0 Å². The van der Waals surface area contributed by atoms with Crippen molar-refractivity contribution >= 4 is 23.4 Å². The average Bonchev–Trinajstić information content (AvgIpc) is 2.77. The van der Waals surface area contributed by atoms with Crippen molar-refractivity contribution < 1.29 is 4.79 Å². The Balaban J connectivity index is 1.51. The average molecular weight is 403 g/mol. The lowest BCUT2D eigenvalue weighted by Crippen LogP contribution is -2.23. The van der Waals surface area contributed by atoms with Gasteiger partial charge < -0.3 is 0 Å². The van der Waals surface area contributed by atoms with Crippen LogP contribution >= 0.6 is 11.8 Å². The number of nitrogens with zero attached hydrogens (tertiary/aromatic N) is 1. The summed E-state index contributed by atoms with van der Waals surface area (Å²) >= 11 is 1.63. The van der Waals surface area contributed by atoms with E-state index in [0.717, 1.165) is 30.7 Å². The lowest BCUT2D eigenvalue weighted by Gasteiger charge is -2.08. The normalized spacial score (nSPS) is 10.3. The Morgan fingerprint density at radius 3 is 1.72 bits per heavy atom. The Bertz CT molecular complexity index is 852. The van der Waals surface area contributed by atoms with E-state index in [-0.39, 0.29) is 5.91 Å². The Kier molecular flexibility index (Phi) is 8.55. The fourth-order valence-electron chi connectivity index (χ4n) is 2.98. The van der Waals surface area contributed by atoms with Gasteiger partial charge in [0.25, 0.3) is 0 Å². The molecule has 0 heterocycles. The van der Waals surface area contributed by atoms with Crippen molar-refractivity contribution in [3.05, 3.63) is 108 Å². The zero-order valence-electron chi connectivity index (χ0n) is 16.5. The first-order valence-electron chi connectivity index (χ1n) is 9.83. The van der Waals surface area contributed by atoms with Crippen molar-refractivity contribution in [3.63, 3.8) is 0 Å². The van der Waals surface area contributed by atoms with E-state index in [1.165, 1.54) is 16.7 Å². The van der Waals surface area contributed by atoms with Crippen LogP contribution in [0.5, 0.6) is 0 Å². The van der Waals surface area contributed by atoms with E-state index in [9.17, 15) is 4.79 Å². The van der Waals surface area contributed by atoms with Crippen LogP contribution in [0.4, 0.5) is 0 Å². The molecule has 0 fully saturated rings. The van der Waals surface area contributed by atoms with E-state index in [1.54, 1.807) is 11.8 Å². The van der Waals surface area contributed by atoms with Gasteiger partial charge in [0.05, 0.1) is 5.75 Å². The standard InChI is InChI=1S/C25H26N2OS/c28-25(20-29-17-16-21-10-4-1-5-11-21)27-26-24(18-22-12-6-2-7-13-22)19-23-14-8-3-9-15-23/h1-15H,16-20H2,(H,27,28). The number of hydrogen-bond acceptors (Lipinski definition) is 3. The molecule has 0 saturated carbocycles. The first kappa shape index (κ1) is 20.9. The number of hydrogen-bond donors (Lipinski definition) is 1. The summed E-state index contributed by atoms with van der Waals surface area (Å²) in [5.74, 6) is 1.28. The maximum Gasteiger partial charge on any atom is 0.250 e. The Morgan fingerprint density at radius 2 is 1.21 bits per heavy atom. The number of rotatable bonds is 10. The predicted octanol–water partition coefficient (Wildman–Crippen LogP) is 4.92. The summed E-state index contributed by atoms with van der Waals surface area (Å²) in [4.78, 5) is 12.2. The van der Waals surface area contributed by atoms with Crippen LogP contribution in [0.25, 0.3) is 0 Å². The van der Waals surface area contributed by atoms with E-state index >= 15 is 0 Å². The zero-order chi connectivity index (χ0) is 20.2. The lowest BCUT2D eigenvalue weighted by atomic mass is 10.0. The molecule has 1 N–H and O–H groups in total. The van der Waals surface area contributed by atoms with Crippen LogP contribution < -0.4 is 5.43 Å². The van der Waals surface area contributed by atoms with E-state index in [2.05, 4.69) is 46.9 Å². The third kappa shape index (κ3) is 7.96. The molecule has 0 atom stereocenters. The summed E-state index contributed by atoms with van der Waals surface area (Å²) in [6.45, 7) is 0. The highest BCUT2D eigenvalue weighted by atomic mass is 32.2. The summed E-state index contributed by atoms with van der Waals surface area (Å²) in [5.41, 5.74) is 7.37. The molecule has 0 aromatic heterocycles. The molecule has 0 bridgehead atoms. The molecule has 0 aliphatic heterocycles. The Hall–Kier alpha value is -2.85. The quantitative estimate of drug-likeness (QED) is 0.297. The van der Waals surface area contributed by atoms with E-state index < -0.39 is 0 Å². The van der Waals surface area contributed by atoms with Crippen molar-refractivity contribution in [2.75, 3.05) is 11.5 Å². The predicted molar refractivity (Wildman–Crippen MR) is 123 cm³/mol. The Morgan fingerprint density at radius 1 is 0.724 bits per heavy atom. The second kappa shape index (κ2) is 11.9. The first-order chi connectivity index (χ1) is 14.3. The molecule has 3 nitrogen and oxygen atoms in total. The topological polar surface area (TPSA) is 41.5 Å². The summed E-state index contributed by atoms with van der Waals surface area (Å²) in [7, 11) is 0. The second-order valence-electron chi connectivity index (χ2n) is 6.83. The molecule has 148 valence electrons. The fourth-order valence-corrected chi connectivity index (χ4v) is 3.75. The van der Waals surface area contributed by atoms with Crippen LogP contribution in [0.1, 0.15) is 16.7 Å². The second-order valence-corrected chi connectivity index (χ2v) is 7.93. The molecule has 0 aliphatic rings. The third-order valence-corrected chi connectivity index (χ3v) is 5.41. The molecule has 3 aromatic carbocycles. The van der Waals surface area contributed by atoms with Crippen molar-refractivity contribution in [2.45, 2.75) is 19.3 Å². The van der Waals surface area contributed by atoms with Crippen molar-refractivity contribution in [3.8, 4) is 0 Å². The van der Waals surface area contributed by atoms with Crippen LogP contribution in [0.15, 0.2) is 96.1 Å². The van der Waals surface area contributed by atoms with Gasteiger partial charge in [0.2, 0.25) is 5.91 Å². The summed E-state index contributed by atoms with van der Waals surface area (Å²) in [5, 5.41) is 4.45. The van der Waals surface area contributed by atoms with Crippen LogP contribution in [0, 0.1) is 0 Å². The van der Waals surface area contributed by atoms with Gasteiger partial charge in [-0.3, -0.25) is 4.79 Å². The summed E-state index contributed by atoms with van der Waals surface area (Å²) in [6, 6.07) is 30.8. The molecular weight excluding hydrogens is 376 g/mol. The third-order valence-electron chi connectivity index (χ3n) is 4.45. The van der Waals surface area contributed by atoms with E-state index in [4.69, 9.17) is 0 Å². The molecule has 4 heteroatoms. The molecule has 29 heavy (non-hydrogen) atoms. The number of benzene rings is 3. The number of aryl methyl sites for hydroxylation is 1. The lowest BCUT2D eigenvalue weighted by molar-refractivity contribution is -0.118. The van der Waals surface area contributed by atoms with Gasteiger partial charge in [0.15, 0.2) is 0 Å². The maximum atomic E-state index is 12.2. The minimum Gasteiger partial charge on any atom is -0.272 e. The number of amides is 1. The zero-order valence-corrected chi connectivity index (χ0v) is 17.3. The molecular formula is C25H26N2OS. The number of thioether (sulfide) groups is 1. The summed E-state index contributed by atoms with van der Waals surface area (Å²) < 4.78 is 0. The van der Waals surface area contributed by atoms with E-state index in [1.807, 2.05) is 54.6 Å². The Labute approximate surface area is 177 Å². The van der Waals surface area contributed by atoms with Crippen molar-refractivity contribution in [2.24, 2.45) is 5.10 Å². The van der Waals surface area contributed by atoms with Gasteiger partial charge in [0, 0.05) is 18.6 Å². The highest BCUT2D eigenvalue weighted by Gasteiger charge is 2.06. The van der Waals surface area contributed by atoms with Crippen molar-refractivity contribution in [1.82, 2.24) is 5.43 Å². The SMILES string of the molecule is O=C(CSCCc1ccccc1)NN=C(Cc1ccccc1)Cc1ccccc1. The van der Waals surface area contributed by atoms with Gasteiger partial charge >= 0.3 is 0 Å². The molecule has 1 amide bonds. The molecule has 0 unspecified atom stereocenters. The maximum absolute atomic E-state index is 12.2. The highest BCUT2D eigenvalue weighted by molar-refractivity contribution is 7.99. The number of carbonyl (C=O) groups is 1. The first-order valence-corrected chi connectivity index (χ1v) is 11.0. The molecule has 0 saturated heterocycles. The van der Waals surface area contributed by atoms with Gasteiger partial charge in [0.1, 0.15) is 0 Å². The molecule has 3 aromatic rings. The molecule has 3 rings (SSSR count). The van der Waals surface area contributed by atoms with Gasteiger partial charge in [-0.25, -0.2) is 5.43 Å². The molecule has 0 radical (unpaired) electrons. The highest BCUT2D eigenvalue weighted by Crippen LogP contribution is 2.08. The molecule has 0 aliphatic carbocycles. The fraction of sp³-hybridized carbons (Fsp3) is 0.200. The van der Waals surface area contributed by atoms with Crippen LogP contribution in [-0.4, -0.2) is 23.1 Å². The van der Waals surface area contributed by atoms with Gasteiger partial charge in [-0.05, 0) is 28.9 Å². The van der Waals surface area contributed by atoms with Crippen LogP contribution in [0.2, 0.25) is 0 Å². The monoisotopic (exact) mass is 402 g/mol. The van der Waals surface area contributed by atoms with Crippen LogP contribution in [0.3, 0.4) is 0 Å². The smallest absolute Gasteiger partial charge is 0.250 e. The van der Waals surface area contributed by atoms with Gasteiger partial charge in [-0.2, -0.15) is 16.9 Å². The van der Waals surface area contributed by atoms with Crippen molar-refractivity contribution in [1.29, 1.82) is 0 Å². The van der Waals surface area contributed by atoms with E-state index in [0.29, 0.717) is 5.75 Å². The molecule has 0 spiro atoms. The number of carbonyl (C=O) groups excluding carboxylic acids is 1. The van der Waals surface area contributed by atoms with Gasteiger partial charge in [-0.15, -0.1) is 0 Å².